The minimum Gasteiger partial charge on any atom is -0.321 e. The largest absolute Gasteiger partial charge is 0.321 e. The number of halogens is 1. The molecule has 0 aliphatic heterocycles. The third kappa shape index (κ3) is 2.12. The lowest BCUT2D eigenvalue weighted by molar-refractivity contribution is 0.330. The molecule has 1 aliphatic carbocycles. The standard InChI is InChI=1S/C17H19FN2/c1-17(19,13-8-2-3-10-15(13)18)14-9-4-6-12-7-5-11-20-16(12)14/h2-3,5,7-8,10-11,14H,4,6,9,19H2,1H3. The summed E-state index contributed by atoms with van der Waals surface area (Å²) in [4.78, 5) is 4.52. The van der Waals surface area contributed by atoms with Gasteiger partial charge in [0.05, 0.1) is 0 Å². The molecule has 1 aromatic carbocycles. The van der Waals surface area contributed by atoms with Crippen LogP contribution < -0.4 is 5.73 Å². The Morgan fingerprint density at radius 3 is 2.85 bits per heavy atom. The normalized spacial score (nSPS) is 21.1. The zero-order chi connectivity index (χ0) is 14.2. The van der Waals surface area contributed by atoms with Crippen LogP contribution in [-0.2, 0) is 12.0 Å². The van der Waals surface area contributed by atoms with Gasteiger partial charge in [-0.3, -0.25) is 4.98 Å². The van der Waals surface area contributed by atoms with Gasteiger partial charge in [-0.1, -0.05) is 24.3 Å². The maximum absolute atomic E-state index is 14.1. The van der Waals surface area contributed by atoms with Gasteiger partial charge in [-0.15, -0.1) is 0 Å². The van der Waals surface area contributed by atoms with Crippen molar-refractivity contribution in [3.8, 4) is 0 Å². The zero-order valence-electron chi connectivity index (χ0n) is 11.6. The van der Waals surface area contributed by atoms with Crippen molar-refractivity contribution in [3.05, 3.63) is 65.2 Å². The van der Waals surface area contributed by atoms with E-state index in [9.17, 15) is 4.39 Å². The van der Waals surface area contributed by atoms with Gasteiger partial charge in [0.15, 0.2) is 0 Å². The molecule has 2 atom stereocenters. The summed E-state index contributed by atoms with van der Waals surface area (Å²) in [5.74, 6) is -0.176. The van der Waals surface area contributed by atoms with Crippen molar-refractivity contribution in [2.75, 3.05) is 0 Å². The Hall–Kier alpha value is -1.74. The second-order valence-corrected chi connectivity index (χ2v) is 5.76. The minimum absolute atomic E-state index is 0.0596. The molecule has 0 bridgehead atoms. The summed E-state index contributed by atoms with van der Waals surface area (Å²) in [5.41, 5.74) is 8.66. The topological polar surface area (TPSA) is 38.9 Å². The highest BCUT2D eigenvalue weighted by Crippen LogP contribution is 2.42. The molecule has 1 heterocycles. The van der Waals surface area contributed by atoms with Gasteiger partial charge < -0.3 is 5.73 Å². The molecule has 1 aliphatic rings. The van der Waals surface area contributed by atoms with E-state index in [0.29, 0.717) is 5.56 Å². The van der Waals surface area contributed by atoms with Crippen LogP contribution in [0.15, 0.2) is 42.6 Å². The molecule has 2 aromatic rings. The predicted octanol–water partition coefficient (Wildman–Crippen LogP) is 3.51. The molecule has 1 aromatic heterocycles. The number of nitrogens with zero attached hydrogens (tertiary/aromatic N) is 1. The van der Waals surface area contributed by atoms with Crippen molar-refractivity contribution >= 4 is 0 Å². The van der Waals surface area contributed by atoms with Gasteiger partial charge in [-0.25, -0.2) is 4.39 Å². The Balaban J connectivity index is 2.07. The highest BCUT2D eigenvalue weighted by molar-refractivity contribution is 5.35. The number of aromatic nitrogens is 1. The summed E-state index contributed by atoms with van der Waals surface area (Å²) in [6, 6.07) is 10.9. The van der Waals surface area contributed by atoms with Crippen LogP contribution in [0.3, 0.4) is 0 Å². The van der Waals surface area contributed by atoms with Gasteiger partial charge in [0.2, 0.25) is 0 Å². The number of nitrogens with two attached hydrogens (primary N) is 1. The zero-order valence-corrected chi connectivity index (χ0v) is 11.6. The van der Waals surface area contributed by atoms with Crippen LogP contribution in [0, 0.1) is 5.82 Å². The molecule has 0 amide bonds. The number of rotatable bonds is 2. The van der Waals surface area contributed by atoms with Gasteiger partial charge >= 0.3 is 0 Å². The molecule has 0 saturated heterocycles. The summed E-state index contributed by atoms with van der Waals surface area (Å²) >= 11 is 0. The van der Waals surface area contributed by atoms with Crippen molar-refractivity contribution in [3.63, 3.8) is 0 Å². The number of fused-ring (bicyclic) bond motifs is 1. The number of hydrogen-bond donors (Lipinski definition) is 1. The van der Waals surface area contributed by atoms with Crippen molar-refractivity contribution in [2.24, 2.45) is 5.73 Å². The fourth-order valence-corrected chi connectivity index (χ4v) is 3.28. The average Bonchev–Trinajstić information content (AvgIpc) is 2.47. The summed E-state index contributed by atoms with van der Waals surface area (Å²) < 4.78 is 14.1. The van der Waals surface area contributed by atoms with Gasteiger partial charge in [-0.2, -0.15) is 0 Å². The molecule has 0 saturated carbocycles. The van der Waals surface area contributed by atoms with Gasteiger partial charge in [0.1, 0.15) is 5.82 Å². The Morgan fingerprint density at radius 1 is 1.25 bits per heavy atom. The van der Waals surface area contributed by atoms with Crippen LogP contribution in [0.2, 0.25) is 0 Å². The molecule has 0 spiro atoms. The van der Waals surface area contributed by atoms with Crippen LogP contribution in [0.5, 0.6) is 0 Å². The molecule has 3 rings (SSSR count). The number of aryl methyl sites for hydroxylation is 1. The Kier molecular flexibility index (Phi) is 3.30. The highest BCUT2D eigenvalue weighted by Gasteiger charge is 2.38. The lowest BCUT2D eigenvalue weighted by atomic mass is 9.72. The van der Waals surface area contributed by atoms with E-state index in [1.807, 2.05) is 19.1 Å². The second kappa shape index (κ2) is 4.98. The maximum Gasteiger partial charge on any atom is 0.128 e. The van der Waals surface area contributed by atoms with Crippen LogP contribution in [0.4, 0.5) is 4.39 Å². The average molecular weight is 270 g/mol. The highest BCUT2D eigenvalue weighted by atomic mass is 19.1. The number of benzene rings is 1. The lowest BCUT2D eigenvalue weighted by Gasteiger charge is -2.37. The van der Waals surface area contributed by atoms with Crippen LogP contribution >= 0.6 is 0 Å². The maximum atomic E-state index is 14.1. The monoisotopic (exact) mass is 270 g/mol. The fourth-order valence-electron chi connectivity index (χ4n) is 3.28. The molecule has 2 unspecified atom stereocenters. The van der Waals surface area contributed by atoms with Crippen molar-refractivity contribution in [1.29, 1.82) is 0 Å². The van der Waals surface area contributed by atoms with Crippen LogP contribution in [-0.4, -0.2) is 4.98 Å². The van der Waals surface area contributed by atoms with E-state index >= 15 is 0 Å². The molecular weight excluding hydrogens is 251 g/mol. The SMILES string of the molecule is CC(N)(c1ccccc1F)C1CCCc2cccnc21. The first kappa shape index (κ1) is 13.3. The molecule has 2 nitrogen and oxygen atoms in total. The van der Waals surface area contributed by atoms with E-state index in [-0.39, 0.29) is 11.7 Å². The van der Waals surface area contributed by atoms with Crippen LogP contribution in [0.1, 0.15) is 42.5 Å². The minimum atomic E-state index is -0.741. The Morgan fingerprint density at radius 2 is 2.05 bits per heavy atom. The predicted molar refractivity (Wildman–Crippen MR) is 77.9 cm³/mol. The molecule has 2 N–H and O–H groups in total. The van der Waals surface area contributed by atoms with Gasteiger partial charge in [0.25, 0.3) is 0 Å². The lowest BCUT2D eigenvalue weighted by Crippen LogP contribution is -2.42. The van der Waals surface area contributed by atoms with Crippen LogP contribution in [0.25, 0.3) is 0 Å². The molecular formula is C17H19FN2. The smallest absolute Gasteiger partial charge is 0.128 e. The van der Waals surface area contributed by atoms with E-state index in [0.717, 1.165) is 25.0 Å². The second-order valence-electron chi connectivity index (χ2n) is 5.76. The summed E-state index contributed by atoms with van der Waals surface area (Å²) in [7, 11) is 0. The van der Waals surface area contributed by atoms with Gasteiger partial charge in [0, 0.05) is 28.9 Å². The molecule has 3 heteroatoms. The van der Waals surface area contributed by atoms with E-state index in [2.05, 4.69) is 11.1 Å². The Labute approximate surface area is 118 Å². The number of hydrogen-bond acceptors (Lipinski definition) is 2. The summed E-state index contributed by atoms with van der Waals surface area (Å²) in [6.07, 6.45) is 4.86. The first-order valence-electron chi connectivity index (χ1n) is 7.08. The molecule has 0 fully saturated rings. The van der Waals surface area contributed by atoms with Crippen molar-refractivity contribution in [1.82, 2.24) is 4.98 Å². The van der Waals surface area contributed by atoms with E-state index in [1.54, 1.807) is 18.3 Å². The fraction of sp³-hybridized carbons (Fsp3) is 0.353. The molecule has 104 valence electrons. The Bertz CT molecular complexity index is 622. The summed E-state index contributed by atoms with van der Waals surface area (Å²) in [6.45, 7) is 1.92. The van der Waals surface area contributed by atoms with E-state index in [1.165, 1.54) is 11.6 Å². The van der Waals surface area contributed by atoms with E-state index in [4.69, 9.17) is 5.73 Å². The first-order valence-corrected chi connectivity index (χ1v) is 7.08. The van der Waals surface area contributed by atoms with Gasteiger partial charge in [-0.05, 0) is 43.9 Å². The first-order chi connectivity index (χ1) is 9.60. The molecule has 20 heavy (non-hydrogen) atoms. The third-order valence-electron chi connectivity index (χ3n) is 4.37. The third-order valence-corrected chi connectivity index (χ3v) is 4.37. The summed E-state index contributed by atoms with van der Waals surface area (Å²) in [5, 5.41) is 0. The van der Waals surface area contributed by atoms with E-state index < -0.39 is 5.54 Å². The quantitative estimate of drug-likeness (QED) is 0.907. The number of pyridine rings is 1. The van der Waals surface area contributed by atoms with Crippen molar-refractivity contribution in [2.45, 2.75) is 37.6 Å². The molecule has 0 radical (unpaired) electrons. The van der Waals surface area contributed by atoms with Crippen molar-refractivity contribution < 1.29 is 4.39 Å².